The third-order valence-corrected chi connectivity index (χ3v) is 4.64. The van der Waals surface area contributed by atoms with Crippen LogP contribution in [0.15, 0.2) is 115 Å². The maximum Gasteiger partial charge on any atom is 2.00 e. The van der Waals surface area contributed by atoms with Crippen LogP contribution in [0.25, 0.3) is 33.9 Å². The molecule has 0 spiro atoms. The Hall–Kier alpha value is -3.46. The van der Waals surface area contributed by atoms with E-state index in [0.717, 1.165) is 33.8 Å². The van der Waals surface area contributed by atoms with E-state index in [2.05, 4.69) is 24.3 Å². The molecule has 0 fully saturated rings. The van der Waals surface area contributed by atoms with Crippen molar-refractivity contribution in [2.24, 2.45) is 0 Å². The Morgan fingerprint density at radius 2 is 1.45 bits per heavy atom. The fraction of sp³-hybridized carbons (Fsp3) is 0.0370. The predicted octanol–water partition coefficient (Wildman–Crippen LogP) is 6.61. The largest absolute Gasteiger partial charge is 2.00 e. The number of hydrogen-bond donors (Lipinski definition) is 0. The van der Waals surface area contributed by atoms with Crippen molar-refractivity contribution in [1.29, 1.82) is 0 Å². The topological polar surface area (TPSA) is 35.0 Å². The maximum absolute atomic E-state index is 5.34. The first-order chi connectivity index (χ1) is 14.8. The summed E-state index contributed by atoms with van der Waals surface area (Å²) < 4.78 is 5.34. The number of benzene rings is 2. The van der Waals surface area contributed by atoms with Crippen molar-refractivity contribution in [1.82, 2.24) is 9.97 Å². The van der Waals surface area contributed by atoms with Crippen LogP contribution in [0, 0.1) is 0 Å². The molecule has 0 aliphatic rings. The van der Waals surface area contributed by atoms with Crippen LogP contribution in [0.2, 0.25) is 0 Å². The minimum Gasteiger partial charge on any atom is -0.497 e. The van der Waals surface area contributed by atoms with Crippen LogP contribution < -0.4 is 4.74 Å². The molecule has 4 heteroatoms. The normalized spacial score (nSPS) is 9.84. The molecule has 0 saturated carbocycles. The van der Waals surface area contributed by atoms with Gasteiger partial charge in [-0.3, -0.25) is 0 Å². The van der Waals surface area contributed by atoms with E-state index in [4.69, 9.17) is 14.7 Å². The molecule has 0 radical (unpaired) electrons. The minimum absolute atomic E-state index is 0. The van der Waals surface area contributed by atoms with Gasteiger partial charge in [0, 0.05) is 11.3 Å². The molecule has 154 valence electrons. The molecule has 5 aromatic rings. The third-order valence-electron chi connectivity index (χ3n) is 4.64. The molecule has 1 heterocycles. The number of aromatic nitrogens is 2. The molecular formula is C27H22FeN2O. The van der Waals surface area contributed by atoms with E-state index in [1.165, 1.54) is 0 Å². The Balaban J connectivity index is 0.000000401. The molecule has 4 aromatic carbocycles. The molecule has 0 atom stereocenters. The number of methoxy groups -OCH3 is 1. The SMILES string of the molecule is COc1cccc(-c2nc(-c3ccccc3)cc(-[c-]3cccc3)n2)c1.[Fe+2].c1cc[cH-]c1. The second kappa shape index (κ2) is 11.1. The summed E-state index contributed by atoms with van der Waals surface area (Å²) in [7, 11) is 1.66. The van der Waals surface area contributed by atoms with Gasteiger partial charge in [-0.2, -0.15) is 30.3 Å². The second-order valence-electron chi connectivity index (χ2n) is 6.70. The Labute approximate surface area is 193 Å². The summed E-state index contributed by atoms with van der Waals surface area (Å²) in [6.45, 7) is 0. The summed E-state index contributed by atoms with van der Waals surface area (Å²) in [5, 5.41) is 0. The maximum atomic E-state index is 5.34. The predicted molar refractivity (Wildman–Crippen MR) is 123 cm³/mol. The Morgan fingerprint density at radius 3 is 2.10 bits per heavy atom. The van der Waals surface area contributed by atoms with Crippen LogP contribution in [0.5, 0.6) is 5.75 Å². The standard InChI is InChI=1S/C22H17N2O.C5H5.Fe/c1-25-19-13-7-12-18(14-19)22-23-20(16-8-3-2-4-9-16)15-21(24-22)17-10-5-6-11-17;1-2-4-5-3-1;/h2-15H,1H3;1-5H;/q2*-1;+2. The number of ether oxygens (including phenoxy) is 1. The Bertz CT molecular complexity index is 1150. The van der Waals surface area contributed by atoms with Gasteiger partial charge in [-0.15, -0.1) is 12.1 Å². The van der Waals surface area contributed by atoms with Crippen LogP contribution in [0.3, 0.4) is 0 Å². The number of hydrogen-bond acceptors (Lipinski definition) is 3. The van der Waals surface area contributed by atoms with E-state index in [1.807, 2.05) is 91.0 Å². The molecule has 0 aliphatic carbocycles. The summed E-state index contributed by atoms with van der Waals surface area (Å²) in [6, 6.07) is 38.2. The van der Waals surface area contributed by atoms with Gasteiger partial charge in [-0.05, 0) is 23.4 Å². The van der Waals surface area contributed by atoms with Crippen molar-refractivity contribution in [3.05, 3.63) is 115 Å². The average Bonchev–Trinajstić information content (AvgIpc) is 3.57. The van der Waals surface area contributed by atoms with Crippen molar-refractivity contribution >= 4 is 0 Å². The van der Waals surface area contributed by atoms with Crippen LogP contribution in [0.1, 0.15) is 0 Å². The third kappa shape index (κ3) is 5.79. The summed E-state index contributed by atoms with van der Waals surface area (Å²) in [4.78, 5) is 9.57. The zero-order valence-corrected chi connectivity index (χ0v) is 18.2. The first kappa shape index (κ1) is 22.2. The van der Waals surface area contributed by atoms with Crippen LogP contribution in [0.4, 0.5) is 0 Å². The van der Waals surface area contributed by atoms with Gasteiger partial charge in [0.25, 0.3) is 0 Å². The van der Waals surface area contributed by atoms with E-state index >= 15 is 0 Å². The molecule has 5 rings (SSSR count). The minimum atomic E-state index is 0. The van der Waals surface area contributed by atoms with Crippen LogP contribution in [-0.4, -0.2) is 17.1 Å². The van der Waals surface area contributed by atoms with E-state index in [9.17, 15) is 0 Å². The van der Waals surface area contributed by atoms with Gasteiger partial charge in [0.1, 0.15) is 5.75 Å². The molecule has 1 aromatic heterocycles. The average molecular weight is 446 g/mol. The van der Waals surface area contributed by atoms with E-state index in [1.54, 1.807) is 7.11 Å². The second-order valence-corrected chi connectivity index (χ2v) is 6.70. The summed E-state index contributed by atoms with van der Waals surface area (Å²) in [5.41, 5.74) is 4.91. The fourth-order valence-corrected chi connectivity index (χ4v) is 3.11. The van der Waals surface area contributed by atoms with Gasteiger partial charge in [0.2, 0.25) is 0 Å². The zero-order valence-electron chi connectivity index (χ0n) is 17.1. The van der Waals surface area contributed by atoms with Crippen molar-refractivity contribution in [2.45, 2.75) is 0 Å². The number of nitrogens with zero attached hydrogens (tertiary/aromatic N) is 2. The van der Waals surface area contributed by atoms with Crippen molar-refractivity contribution in [3.63, 3.8) is 0 Å². The van der Waals surface area contributed by atoms with Gasteiger partial charge in [-0.1, -0.05) is 54.1 Å². The van der Waals surface area contributed by atoms with Crippen molar-refractivity contribution in [3.8, 4) is 39.7 Å². The molecule has 0 unspecified atom stereocenters. The first-order valence-corrected chi connectivity index (χ1v) is 9.81. The van der Waals surface area contributed by atoms with Gasteiger partial charge in [-0.25, -0.2) is 22.1 Å². The van der Waals surface area contributed by atoms with E-state index in [0.29, 0.717) is 5.82 Å². The van der Waals surface area contributed by atoms with Crippen molar-refractivity contribution in [2.75, 3.05) is 7.11 Å². The van der Waals surface area contributed by atoms with Crippen molar-refractivity contribution < 1.29 is 21.8 Å². The van der Waals surface area contributed by atoms with Gasteiger partial charge >= 0.3 is 17.1 Å². The molecule has 0 amide bonds. The quantitative estimate of drug-likeness (QED) is 0.230. The summed E-state index contributed by atoms with van der Waals surface area (Å²) in [5.74, 6) is 1.48. The molecular weight excluding hydrogens is 424 g/mol. The number of rotatable bonds is 4. The molecule has 0 bridgehead atoms. The fourth-order valence-electron chi connectivity index (χ4n) is 3.11. The zero-order chi connectivity index (χ0) is 20.6. The summed E-state index contributed by atoms with van der Waals surface area (Å²) >= 11 is 0. The molecule has 0 N–H and O–H groups in total. The molecule has 3 nitrogen and oxygen atoms in total. The van der Waals surface area contributed by atoms with Gasteiger partial charge in [0.15, 0.2) is 5.82 Å². The van der Waals surface area contributed by atoms with E-state index in [-0.39, 0.29) is 17.1 Å². The van der Waals surface area contributed by atoms with Gasteiger partial charge in [0.05, 0.1) is 7.11 Å². The molecule has 0 aliphatic heterocycles. The van der Waals surface area contributed by atoms with E-state index < -0.39 is 0 Å². The van der Waals surface area contributed by atoms with Gasteiger partial charge < -0.3 is 4.74 Å². The Morgan fingerprint density at radius 1 is 0.742 bits per heavy atom. The summed E-state index contributed by atoms with van der Waals surface area (Å²) in [6.07, 6.45) is 0. The van der Waals surface area contributed by atoms with Crippen LogP contribution >= 0.6 is 0 Å². The Kier molecular flexibility index (Phi) is 7.94. The molecule has 31 heavy (non-hydrogen) atoms. The smallest absolute Gasteiger partial charge is 0.497 e. The first-order valence-electron chi connectivity index (χ1n) is 9.81. The molecule has 0 saturated heterocycles. The monoisotopic (exact) mass is 446 g/mol. The van der Waals surface area contributed by atoms with Crippen LogP contribution in [-0.2, 0) is 17.1 Å².